The summed E-state index contributed by atoms with van der Waals surface area (Å²) in [5.41, 5.74) is 2.04. The fourth-order valence-electron chi connectivity index (χ4n) is 3.38. The normalized spacial score (nSPS) is 12.2. The van der Waals surface area contributed by atoms with E-state index in [1.807, 2.05) is 31.2 Å². The third kappa shape index (κ3) is 4.69. The summed E-state index contributed by atoms with van der Waals surface area (Å²) in [5, 5.41) is 3.23. The molecular weight excluding hydrogens is 414 g/mol. The minimum Gasteiger partial charge on any atom is -0.459 e. The number of benzene rings is 1. The van der Waals surface area contributed by atoms with Crippen LogP contribution in [0, 0.1) is 6.92 Å². The monoisotopic (exact) mass is 441 g/mol. The van der Waals surface area contributed by atoms with E-state index >= 15 is 0 Å². The molecule has 1 unspecified atom stereocenters. The van der Waals surface area contributed by atoms with Crippen LogP contribution in [0.4, 0.5) is 5.69 Å². The highest BCUT2D eigenvalue weighted by Crippen LogP contribution is 2.28. The predicted octanol–water partition coefficient (Wildman–Crippen LogP) is 4.48. The Hall–Kier alpha value is -3.00. The number of carbonyl (C=O) groups excluding carboxylic acids is 2. The van der Waals surface area contributed by atoms with Gasteiger partial charge in [0.1, 0.15) is 15.7 Å². The van der Waals surface area contributed by atoms with E-state index in [1.165, 1.54) is 16.5 Å². The van der Waals surface area contributed by atoms with E-state index in [4.69, 9.17) is 4.74 Å². The molecule has 8 heteroatoms. The second-order valence-electron chi connectivity index (χ2n) is 7.61. The molecule has 0 aliphatic heterocycles. The molecule has 0 bridgehead atoms. The topological polar surface area (TPSA) is 90.3 Å². The summed E-state index contributed by atoms with van der Waals surface area (Å²) in [6.45, 7) is 9.15. The van der Waals surface area contributed by atoms with Crippen LogP contribution in [0.1, 0.15) is 61.0 Å². The van der Waals surface area contributed by atoms with Gasteiger partial charge in [-0.1, -0.05) is 26.0 Å². The molecule has 0 radical (unpaired) electrons. The van der Waals surface area contributed by atoms with Crippen molar-refractivity contribution in [2.45, 2.75) is 59.6 Å². The number of aryl methyl sites for hydroxylation is 2. The predicted molar refractivity (Wildman–Crippen MR) is 123 cm³/mol. The molecule has 1 N–H and O–H groups in total. The van der Waals surface area contributed by atoms with Gasteiger partial charge in [-0.3, -0.25) is 14.2 Å². The van der Waals surface area contributed by atoms with Gasteiger partial charge in [0.05, 0.1) is 17.8 Å². The molecule has 1 amide bonds. The van der Waals surface area contributed by atoms with Crippen LogP contribution in [0.15, 0.2) is 35.4 Å². The molecule has 3 aromatic rings. The minimum atomic E-state index is -0.722. The SMILES string of the molecule is CCc1ccc(NC(=O)C(CC)n2cnc3sc(C(=O)OC(C)C)c(C)c3c2=O)cc1. The summed E-state index contributed by atoms with van der Waals surface area (Å²) in [4.78, 5) is 43.7. The molecule has 7 nitrogen and oxygen atoms in total. The molecule has 3 rings (SSSR count). The molecule has 0 saturated carbocycles. The lowest BCUT2D eigenvalue weighted by Gasteiger charge is -2.17. The first-order chi connectivity index (χ1) is 14.8. The third-order valence-electron chi connectivity index (χ3n) is 5.06. The maximum Gasteiger partial charge on any atom is 0.348 e. The Balaban J connectivity index is 1.95. The number of nitrogens with one attached hydrogen (secondary N) is 1. The van der Waals surface area contributed by atoms with Crippen molar-refractivity contribution in [1.82, 2.24) is 9.55 Å². The molecule has 0 aliphatic carbocycles. The first-order valence-corrected chi connectivity index (χ1v) is 11.2. The smallest absolute Gasteiger partial charge is 0.348 e. The van der Waals surface area contributed by atoms with E-state index in [1.54, 1.807) is 20.8 Å². The zero-order chi connectivity index (χ0) is 22.7. The lowest BCUT2D eigenvalue weighted by molar-refractivity contribution is -0.119. The zero-order valence-electron chi connectivity index (χ0n) is 18.4. The van der Waals surface area contributed by atoms with Crippen LogP contribution in [-0.2, 0) is 16.0 Å². The van der Waals surface area contributed by atoms with Gasteiger partial charge in [0.2, 0.25) is 5.91 Å². The van der Waals surface area contributed by atoms with Crippen molar-refractivity contribution in [3.63, 3.8) is 0 Å². The van der Waals surface area contributed by atoms with Crippen molar-refractivity contribution < 1.29 is 14.3 Å². The van der Waals surface area contributed by atoms with Gasteiger partial charge in [-0.2, -0.15) is 0 Å². The molecule has 31 heavy (non-hydrogen) atoms. The molecule has 0 saturated heterocycles. The number of ether oxygens (including phenoxy) is 1. The summed E-state index contributed by atoms with van der Waals surface area (Å²) >= 11 is 1.13. The maximum absolute atomic E-state index is 13.2. The van der Waals surface area contributed by atoms with Gasteiger partial charge < -0.3 is 10.1 Å². The highest BCUT2D eigenvalue weighted by molar-refractivity contribution is 7.20. The summed E-state index contributed by atoms with van der Waals surface area (Å²) in [5.74, 6) is -0.760. The lowest BCUT2D eigenvalue weighted by atomic mass is 10.1. The van der Waals surface area contributed by atoms with Crippen LogP contribution >= 0.6 is 11.3 Å². The highest BCUT2D eigenvalue weighted by Gasteiger charge is 2.25. The second-order valence-corrected chi connectivity index (χ2v) is 8.61. The van der Waals surface area contributed by atoms with Crippen molar-refractivity contribution in [3.05, 3.63) is 57.0 Å². The summed E-state index contributed by atoms with van der Waals surface area (Å²) < 4.78 is 6.62. The van der Waals surface area contributed by atoms with Gasteiger partial charge in [-0.05, 0) is 56.9 Å². The van der Waals surface area contributed by atoms with E-state index in [0.717, 1.165) is 17.8 Å². The third-order valence-corrected chi connectivity index (χ3v) is 6.24. The van der Waals surface area contributed by atoms with Gasteiger partial charge in [0, 0.05) is 5.69 Å². The number of thiophene rings is 1. The Kier molecular flexibility index (Phi) is 6.90. The second kappa shape index (κ2) is 9.43. The average molecular weight is 442 g/mol. The van der Waals surface area contributed by atoms with Crippen LogP contribution < -0.4 is 10.9 Å². The number of fused-ring (bicyclic) bond motifs is 1. The fraction of sp³-hybridized carbons (Fsp3) is 0.391. The van der Waals surface area contributed by atoms with Gasteiger partial charge in [0.25, 0.3) is 5.56 Å². The van der Waals surface area contributed by atoms with Gasteiger partial charge in [-0.15, -0.1) is 11.3 Å². The molecule has 0 aliphatic rings. The van der Waals surface area contributed by atoms with Crippen LogP contribution in [0.25, 0.3) is 10.2 Å². The quantitative estimate of drug-likeness (QED) is 0.546. The first-order valence-electron chi connectivity index (χ1n) is 10.4. The number of hydrogen-bond donors (Lipinski definition) is 1. The highest BCUT2D eigenvalue weighted by atomic mass is 32.1. The fourth-order valence-corrected chi connectivity index (χ4v) is 4.40. The number of hydrogen-bond acceptors (Lipinski definition) is 6. The molecule has 0 fully saturated rings. The molecule has 0 spiro atoms. The summed E-state index contributed by atoms with van der Waals surface area (Å²) in [6.07, 6.45) is 2.45. The summed E-state index contributed by atoms with van der Waals surface area (Å²) in [7, 11) is 0. The lowest BCUT2D eigenvalue weighted by Crippen LogP contribution is -2.33. The van der Waals surface area contributed by atoms with Crippen LogP contribution in [0.3, 0.4) is 0 Å². The Labute approximate surface area is 185 Å². The number of aromatic nitrogens is 2. The Morgan fingerprint density at radius 2 is 1.87 bits per heavy atom. The van der Waals surface area contributed by atoms with E-state index in [2.05, 4.69) is 17.2 Å². The van der Waals surface area contributed by atoms with E-state index in [9.17, 15) is 14.4 Å². The van der Waals surface area contributed by atoms with Crippen molar-refractivity contribution in [3.8, 4) is 0 Å². The van der Waals surface area contributed by atoms with E-state index in [-0.39, 0.29) is 17.6 Å². The number of anilines is 1. The van der Waals surface area contributed by atoms with Crippen LogP contribution in [0.2, 0.25) is 0 Å². The Morgan fingerprint density at radius 1 is 1.19 bits per heavy atom. The van der Waals surface area contributed by atoms with Crippen molar-refractivity contribution in [2.75, 3.05) is 5.32 Å². The Morgan fingerprint density at radius 3 is 2.45 bits per heavy atom. The minimum absolute atomic E-state index is 0.263. The van der Waals surface area contributed by atoms with Crippen LogP contribution in [-0.4, -0.2) is 27.5 Å². The Bertz CT molecular complexity index is 1160. The van der Waals surface area contributed by atoms with Crippen molar-refractivity contribution in [2.24, 2.45) is 0 Å². The molecular formula is C23H27N3O4S. The first kappa shape index (κ1) is 22.7. The number of esters is 1. The summed E-state index contributed by atoms with van der Waals surface area (Å²) in [6, 6.07) is 6.90. The number of carbonyl (C=O) groups is 2. The average Bonchev–Trinajstić information content (AvgIpc) is 3.07. The van der Waals surface area contributed by atoms with E-state index in [0.29, 0.717) is 32.8 Å². The molecule has 164 valence electrons. The largest absolute Gasteiger partial charge is 0.459 e. The van der Waals surface area contributed by atoms with Gasteiger partial charge in [0.15, 0.2) is 0 Å². The maximum atomic E-state index is 13.2. The molecule has 2 aromatic heterocycles. The standard InChI is InChI=1S/C23H27N3O4S/c1-6-15-8-10-16(11-9-15)25-20(27)17(7-2)26-12-24-21-18(22(26)28)14(5)19(31-21)23(29)30-13(3)4/h8-13,17H,6-7H2,1-5H3,(H,25,27). The molecule has 2 heterocycles. The van der Waals surface area contributed by atoms with Crippen LogP contribution in [0.5, 0.6) is 0 Å². The zero-order valence-corrected chi connectivity index (χ0v) is 19.2. The van der Waals surface area contributed by atoms with Crippen molar-refractivity contribution in [1.29, 1.82) is 0 Å². The molecule has 1 aromatic carbocycles. The van der Waals surface area contributed by atoms with Crippen molar-refractivity contribution >= 4 is 39.1 Å². The van der Waals surface area contributed by atoms with E-state index < -0.39 is 12.0 Å². The van der Waals surface area contributed by atoms with Gasteiger partial charge >= 0.3 is 5.97 Å². The molecule has 1 atom stereocenters. The number of nitrogens with zero attached hydrogens (tertiary/aromatic N) is 2. The number of rotatable bonds is 7. The number of amides is 1. The van der Waals surface area contributed by atoms with Gasteiger partial charge in [-0.25, -0.2) is 9.78 Å².